The minimum atomic E-state index is -0.822. The van der Waals surface area contributed by atoms with Gasteiger partial charge in [0, 0.05) is 24.1 Å². The molecule has 2 aromatic rings. The molecule has 0 saturated carbocycles. The Morgan fingerprint density at radius 3 is 2.81 bits per heavy atom. The maximum Gasteiger partial charge on any atom is 0.404 e. The van der Waals surface area contributed by atoms with E-state index in [1.807, 2.05) is 24.8 Å². The van der Waals surface area contributed by atoms with E-state index >= 15 is 0 Å². The molecule has 0 unspecified atom stereocenters. The van der Waals surface area contributed by atoms with Crippen molar-refractivity contribution in [1.82, 2.24) is 9.97 Å². The van der Waals surface area contributed by atoms with E-state index < -0.39 is 17.4 Å². The zero-order chi connectivity index (χ0) is 23.0. The van der Waals surface area contributed by atoms with Crippen LogP contribution in [0.25, 0.3) is 0 Å². The predicted molar refractivity (Wildman–Crippen MR) is 118 cm³/mol. The summed E-state index contributed by atoms with van der Waals surface area (Å²) in [6.45, 7) is 4.74. The summed E-state index contributed by atoms with van der Waals surface area (Å²) in [5.41, 5.74) is 12.3. The van der Waals surface area contributed by atoms with Crippen LogP contribution in [0.5, 0.6) is 0 Å². The Kier molecular flexibility index (Phi) is 5.33. The lowest BCUT2D eigenvalue weighted by atomic mass is 9.86. The van der Waals surface area contributed by atoms with E-state index in [0.717, 1.165) is 17.7 Å². The summed E-state index contributed by atoms with van der Waals surface area (Å²) in [5, 5.41) is 6.00. The minimum Gasteiger partial charge on any atom is -0.445 e. The number of nitrogens with one attached hydrogen (secondary N) is 2. The van der Waals surface area contributed by atoms with E-state index in [2.05, 4.69) is 20.6 Å². The van der Waals surface area contributed by atoms with Gasteiger partial charge >= 0.3 is 6.09 Å². The van der Waals surface area contributed by atoms with Crippen molar-refractivity contribution in [1.29, 1.82) is 0 Å². The Hall–Kier alpha value is -3.89. The van der Waals surface area contributed by atoms with Crippen LogP contribution in [0.1, 0.15) is 42.6 Å². The van der Waals surface area contributed by atoms with Gasteiger partial charge in [-0.1, -0.05) is 0 Å². The van der Waals surface area contributed by atoms with Crippen molar-refractivity contribution in [3.05, 3.63) is 35.5 Å². The lowest BCUT2D eigenvalue weighted by molar-refractivity contribution is -0.119. The second-order valence-electron chi connectivity index (χ2n) is 8.41. The Balaban J connectivity index is 1.63. The second kappa shape index (κ2) is 7.98. The molecule has 1 aromatic carbocycles. The van der Waals surface area contributed by atoms with Crippen LogP contribution >= 0.6 is 0 Å². The number of piperidine rings is 1. The number of primary amides is 2. The first kappa shape index (κ1) is 21.3. The van der Waals surface area contributed by atoms with Crippen LogP contribution in [-0.2, 0) is 14.9 Å². The minimum absolute atomic E-state index is 0.0790. The van der Waals surface area contributed by atoms with Gasteiger partial charge in [0.05, 0.1) is 12.0 Å². The first-order valence-electron chi connectivity index (χ1n) is 10.3. The van der Waals surface area contributed by atoms with Crippen LogP contribution in [-0.4, -0.2) is 47.1 Å². The maximum atomic E-state index is 12.2. The normalized spacial score (nSPS) is 19.1. The van der Waals surface area contributed by atoms with Gasteiger partial charge in [-0.15, -0.1) is 0 Å². The van der Waals surface area contributed by atoms with Gasteiger partial charge in [0.1, 0.15) is 17.5 Å². The number of ether oxygens (including phenoxy) is 1. The number of rotatable bonds is 5. The molecule has 1 aromatic heterocycles. The largest absolute Gasteiger partial charge is 0.445 e. The van der Waals surface area contributed by atoms with Crippen molar-refractivity contribution in [3.63, 3.8) is 0 Å². The fourth-order valence-corrected chi connectivity index (χ4v) is 3.97. The van der Waals surface area contributed by atoms with E-state index in [1.54, 1.807) is 12.1 Å². The van der Waals surface area contributed by atoms with Gasteiger partial charge in [-0.25, -0.2) is 9.78 Å². The first-order valence-corrected chi connectivity index (χ1v) is 10.3. The third-order valence-electron chi connectivity index (χ3n) is 5.76. The Bertz CT molecular complexity index is 1100. The van der Waals surface area contributed by atoms with Crippen LogP contribution < -0.4 is 27.0 Å². The van der Waals surface area contributed by atoms with Crippen molar-refractivity contribution in [2.24, 2.45) is 11.5 Å². The SMILES string of the molecule is CC1(C)C(=O)Nc2ccc(Nc3nc(N4CCC[C@H](OC(N)=O)C4)ncc3C(N)=O)cc21. The van der Waals surface area contributed by atoms with E-state index in [-0.39, 0.29) is 23.4 Å². The number of nitrogens with two attached hydrogens (primary N) is 2. The highest BCUT2D eigenvalue weighted by molar-refractivity contribution is 6.06. The molecule has 1 atom stereocenters. The lowest BCUT2D eigenvalue weighted by Crippen LogP contribution is -2.42. The smallest absolute Gasteiger partial charge is 0.404 e. The number of hydrogen-bond acceptors (Lipinski definition) is 8. The van der Waals surface area contributed by atoms with Gasteiger partial charge < -0.3 is 31.7 Å². The van der Waals surface area contributed by atoms with Gasteiger partial charge in [-0.3, -0.25) is 9.59 Å². The molecular formula is C21H25N7O4. The molecule has 0 bridgehead atoms. The number of nitrogens with zero attached hydrogens (tertiary/aromatic N) is 3. The molecule has 4 rings (SSSR count). The van der Waals surface area contributed by atoms with E-state index in [4.69, 9.17) is 16.2 Å². The Labute approximate surface area is 184 Å². The van der Waals surface area contributed by atoms with Gasteiger partial charge in [0.25, 0.3) is 5.91 Å². The van der Waals surface area contributed by atoms with Crippen molar-refractivity contribution in [2.75, 3.05) is 28.6 Å². The molecule has 11 heteroatoms. The predicted octanol–water partition coefficient (Wildman–Crippen LogP) is 1.61. The molecule has 6 N–H and O–H groups in total. The molecule has 11 nitrogen and oxygen atoms in total. The van der Waals surface area contributed by atoms with Crippen LogP contribution in [0.2, 0.25) is 0 Å². The highest BCUT2D eigenvalue weighted by atomic mass is 16.6. The average Bonchev–Trinajstić information content (AvgIpc) is 2.96. The third-order valence-corrected chi connectivity index (χ3v) is 5.76. The van der Waals surface area contributed by atoms with E-state index in [0.29, 0.717) is 31.1 Å². The zero-order valence-electron chi connectivity index (χ0n) is 17.8. The lowest BCUT2D eigenvalue weighted by Gasteiger charge is -2.32. The third kappa shape index (κ3) is 4.01. The molecule has 0 radical (unpaired) electrons. The molecule has 3 amide bonds. The van der Waals surface area contributed by atoms with Gasteiger partial charge in [0.2, 0.25) is 11.9 Å². The quantitative estimate of drug-likeness (QED) is 0.545. The molecule has 0 aliphatic carbocycles. The summed E-state index contributed by atoms with van der Waals surface area (Å²) >= 11 is 0. The maximum absolute atomic E-state index is 12.2. The Morgan fingerprint density at radius 1 is 1.31 bits per heavy atom. The molecule has 168 valence electrons. The summed E-state index contributed by atoms with van der Waals surface area (Å²) in [5.74, 6) is -0.139. The number of amides is 3. The highest BCUT2D eigenvalue weighted by Crippen LogP contribution is 2.39. The molecule has 1 saturated heterocycles. The molecule has 2 aliphatic heterocycles. The van der Waals surface area contributed by atoms with Crippen LogP contribution in [0.15, 0.2) is 24.4 Å². The van der Waals surface area contributed by atoms with Crippen molar-refractivity contribution in [3.8, 4) is 0 Å². The number of carbonyl (C=O) groups excluding carboxylic acids is 3. The number of aromatic nitrogens is 2. The molecule has 0 spiro atoms. The van der Waals surface area contributed by atoms with Crippen LogP contribution in [0, 0.1) is 0 Å². The van der Waals surface area contributed by atoms with Gasteiger partial charge in [0.15, 0.2) is 0 Å². The van der Waals surface area contributed by atoms with Crippen molar-refractivity contribution in [2.45, 2.75) is 38.2 Å². The first-order chi connectivity index (χ1) is 15.1. The fraction of sp³-hybridized carbons (Fsp3) is 0.381. The van der Waals surface area contributed by atoms with E-state index in [1.165, 1.54) is 6.20 Å². The molecular weight excluding hydrogens is 414 g/mol. The molecule has 2 aliphatic rings. The number of benzene rings is 1. The number of anilines is 4. The zero-order valence-corrected chi connectivity index (χ0v) is 17.8. The summed E-state index contributed by atoms with van der Waals surface area (Å²) in [6, 6.07) is 5.43. The summed E-state index contributed by atoms with van der Waals surface area (Å²) in [6.07, 6.45) is 1.65. The second-order valence-corrected chi connectivity index (χ2v) is 8.41. The standard InChI is InChI=1S/C21H25N7O4/c1-21(2)14-8-11(5-6-15(14)26-18(21)30)25-17-13(16(22)29)9-24-20(27-17)28-7-3-4-12(10-28)32-19(23)31/h5-6,8-9,12H,3-4,7,10H2,1-2H3,(H2,22,29)(H2,23,31)(H,26,30)(H,24,25,27)/t12-/m0/s1. The average molecular weight is 439 g/mol. The Morgan fingerprint density at radius 2 is 2.09 bits per heavy atom. The fourth-order valence-electron chi connectivity index (χ4n) is 3.97. The van der Waals surface area contributed by atoms with Crippen molar-refractivity contribution < 1.29 is 19.1 Å². The van der Waals surface area contributed by atoms with Gasteiger partial charge in [-0.2, -0.15) is 4.98 Å². The van der Waals surface area contributed by atoms with Crippen molar-refractivity contribution >= 4 is 41.0 Å². The van der Waals surface area contributed by atoms with Crippen LogP contribution in [0.4, 0.5) is 27.9 Å². The monoisotopic (exact) mass is 439 g/mol. The topological polar surface area (TPSA) is 166 Å². The van der Waals surface area contributed by atoms with Gasteiger partial charge in [-0.05, 0) is 50.5 Å². The highest BCUT2D eigenvalue weighted by Gasteiger charge is 2.38. The number of carbonyl (C=O) groups is 3. The van der Waals surface area contributed by atoms with Crippen LogP contribution in [0.3, 0.4) is 0 Å². The summed E-state index contributed by atoms with van der Waals surface area (Å²) in [7, 11) is 0. The van der Waals surface area contributed by atoms with E-state index in [9.17, 15) is 14.4 Å². The summed E-state index contributed by atoms with van der Waals surface area (Å²) in [4.78, 5) is 45.9. The molecule has 1 fully saturated rings. The summed E-state index contributed by atoms with van der Waals surface area (Å²) < 4.78 is 5.12. The number of fused-ring (bicyclic) bond motifs is 1. The molecule has 32 heavy (non-hydrogen) atoms. The number of hydrogen-bond donors (Lipinski definition) is 4. The molecule has 3 heterocycles.